The lowest BCUT2D eigenvalue weighted by Gasteiger charge is -2.61. The van der Waals surface area contributed by atoms with Gasteiger partial charge >= 0.3 is 6.09 Å². The molecule has 5 nitrogen and oxygen atoms in total. The molecule has 2 saturated carbocycles. The smallest absolute Gasteiger partial charge is 0.414 e. The molecule has 3 fully saturated rings. The first-order valence-electron chi connectivity index (χ1n) is 11.5. The molecule has 0 aromatic carbocycles. The third-order valence-corrected chi connectivity index (χ3v) is 8.96. The Morgan fingerprint density at radius 2 is 1.90 bits per heavy atom. The van der Waals surface area contributed by atoms with Crippen molar-refractivity contribution in [3.63, 3.8) is 0 Å². The van der Waals surface area contributed by atoms with Gasteiger partial charge in [-0.1, -0.05) is 19.9 Å². The van der Waals surface area contributed by atoms with E-state index >= 15 is 0 Å². The number of fused-ring (bicyclic) bond motifs is 5. The maximum Gasteiger partial charge on any atom is 0.414 e. The van der Waals surface area contributed by atoms with Crippen LogP contribution in [0.5, 0.6) is 0 Å². The molecule has 164 valence electrons. The number of allylic oxidation sites excluding steroid dienone is 2. The van der Waals surface area contributed by atoms with Crippen LogP contribution >= 0.6 is 0 Å². The molecule has 4 aliphatic rings. The minimum Gasteiger partial charge on any atom is -0.443 e. The molecule has 0 radical (unpaired) electrons. The van der Waals surface area contributed by atoms with Crippen LogP contribution in [-0.4, -0.2) is 45.6 Å². The van der Waals surface area contributed by atoms with Crippen molar-refractivity contribution in [3.8, 4) is 0 Å². The third kappa shape index (κ3) is 3.06. The highest BCUT2D eigenvalue weighted by atomic mass is 16.6. The van der Waals surface area contributed by atoms with Gasteiger partial charge in [0.25, 0.3) is 0 Å². The quantitative estimate of drug-likeness (QED) is 0.675. The van der Waals surface area contributed by atoms with Crippen LogP contribution in [0.15, 0.2) is 11.8 Å². The Morgan fingerprint density at radius 3 is 2.55 bits per heavy atom. The molecule has 4 rings (SSSR count). The second-order valence-electron chi connectivity index (χ2n) is 11.6. The van der Waals surface area contributed by atoms with Crippen LogP contribution in [0.1, 0.15) is 79.6 Å². The minimum absolute atomic E-state index is 0.0146. The molecule has 0 bridgehead atoms. The standard InChI is InChI=1S/C24H39NO4/c1-21(2,3)29-20(27)25-14-16-17(22(4)11-7-6-8-19(22)25)9-12-23(5)18(16)10-13-24(23,28)15-26/h8,16-18,26,28H,6-7,9-15H2,1-5H3/t16-,17-,18+,22-,23+,24?/m1/s1. The lowest BCUT2D eigenvalue weighted by atomic mass is 9.49. The maximum atomic E-state index is 13.2. The van der Waals surface area contributed by atoms with Gasteiger partial charge in [-0.25, -0.2) is 4.79 Å². The van der Waals surface area contributed by atoms with Crippen LogP contribution in [0.25, 0.3) is 0 Å². The van der Waals surface area contributed by atoms with Crippen LogP contribution in [-0.2, 0) is 4.74 Å². The molecule has 5 heteroatoms. The molecule has 1 amide bonds. The number of carbonyl (C=O) groups is 1. The molecule has 0 aromatic heterocycles. The SMILES string of the molecule is CC(C)(C)OC(=O)N1C[C@@H]2[C@@H](CC[C@@]3(C)[C@H]2CCC3(O)CO)[C@@]2(C)CCCC=C12. The van der Waals surface area contributed by atoms with E-state index in [-0.39, 0.29) is 23.5 Å². The highest BCUT2D eigenvalue weighted by molar-refractivity contribution is 5.71. The molecule has 0 aromatic rings. The zero-order chi connectivity index (χ0) is 21.2. The summed E-state index contributed by atoms with van der Waals surface area (Å²) in [5.74, 6) is 1.18. The van der Waals surface area contributed by atoms with Gasteiger partial charge in [0.1, 0.15) is 5.60 Å². The normalized spacial score (nSPS) is 44.4. The largest absolute Gasteiger partial charge is 0.443 e. The van der Waals surface area contributed by atoms with E-state index in [1.165, 1.54) is 5.70 Å². The third-order valence-electron chi connectivity index (χ3n) is 8.96. The number of amides is 1. The summed E-state index contributed by atoms with van der Waals surface area (Å²) in [5, 5.41) is 21.2. The number of hydrogen-bond donors (Lipinski definition) is 2. The zero-order valence-corrected chi connectivity index (χ0v) is 18.8. The molecule has 6 atom stereocenters. The molecule has 1 unspecified atom stereocenters. The first kappa shape index (κ1) is 21.2. The van der Waals surface area contributed by atoms with Crippen LogP contribution in [0.2, 0.25) is 0 Å². The zero-order valence-electron chi connectivity index (χ0n) is 18.8. The van der Waals surface area contributed by atoms with Gasteiger partial charge in [0.2, 0.25) is 0 Å². The van der Waals surface area contributed by atoms with Gasteiger partial charge in [0.15, 0.2) is 0 Å². The molecule has 1 aliphatic heterocycles. The van der Waals surface area contributed by atoms with E-state index in [9.17, 15) is 15.0 Å². The number of nitrogens with zero attached hydrogens (tertiary/aromatic N) is 1. The number of hydrogen-bond acceptors (Lipinski definition) is 4. The summed E-state index contributed by atoms with van der Waals surface area (Å²) in [6.07, 6.45) is 8.90. The number of likely N-dealkylation sites (tertiary alicyclic amines) is 1. The summed E-state index contributed by atoms with van der Waals surface area (Å²) >= 11 is 0. The Morgan fingerprint density at radius 1 is 1.21 bits per heavy atom. The Hall–Kier alpha value is -1.07. The summed E-state index contributed by atoms with van der Waals surface area (Å²) in [4.78, 5) is 15.1. The number of carbonyl (C=O) groups excluding carboxylic acids is 1. The summed E-state index contributed by atoms with van der Waals surface area (Å²) < 4.78 is 5.81. The van der Waals surface area contributed by atoms with E-state index in [1.54, 1.807) is 0 Å². The number of ether oxygens (including phenoxy) is 1. The van der Waals surface area contributed by atoms with E-state index in [1.807, 2.05) is 25.7 Å². The molecule has 1 saturated heterocycles. The fourth-order valence-electron chi connectivity index (χ4n) is 7.37. The molecular weight excluding hydrogens is 366 g/mol. The van der Waals surface area contributed by atoms with Crippen molar-refractivity contribution in [2.75, 3.05) is 13.2 Å². The lowest BCUT2D eigenvalue weighted by Crippen LogP contribution is -2.61. The van der Waals surface area contributed by atoms with Crippen molar-refractivity contribution in [1.29, 1.82) is 0 Å². The Kier molecular flexibility index (Phi) is 4.90. The fraction of sp³-hybridized carbons (Fsp3) is 0.875. The molecular formula is C24H39NO4. The average molecular weight is 406 g/mol. The predicted octanol–water partition coefficient (Wildman–Crippen LogP) is 4.48. The van der Waals surface area contributed by atoms with Crippen molar-refractivity contribution in [3.05, 3.63) is 11.8 Å². The Labute approximate surface area is 175 Å². The van der Waals surface area contributed by atoms with Gasteiger partial charge in [0.05, 0.1) is 12.2 Å². The molecule has 2 N–H and O–H groups in total. The van der Waals surface area contributed by atoms with E-state index < -0.39 is 11.2 Å². The molecule has 3 aliphatic carbocycles. The topological polar surface area (TPSA) is 70.0 Å². The van der Waals surface area contributed by atoms with E-state index in [0.29, 0.717) is 30.7 Å². The minimum atomic E-state index is -0.997. The maximum absolute atomic E-state index is 13.2. The molecule has 29 heavy (non-hydrogen) atoms. The van der Waals surface area contributed by atoms with Crippen LogP contribution < -0.4 is 0 Å². The van der Waals surface area contributed by atoms with Gasteiger partial charge in [-0.3, -0.25) is 4.90 Å². The number of aliphatic hydroxyl groups excluding tert-OH is 1. The average Bonchev–Trinajstić information content (AvgIpc) is 2.91. The van der Waals surface area contributed by atoms with Crippen LogP contribution in [0, 0.1) is 28.6 Å². The highest BCUT2D eigenvalue weighted by Gasteiger charge is 2.65. The second kappa shape index (κ2) is 6.71. The van der Waals surface area contributed by atoms with Crippen molar-refractivity contribution in [2.45, 2.75) is 90.8 Å². The van der Waals surface area contributed by atoms with Gasteiger partial charge in [0, 0.05) is 23.1 Å². The Bertz CT molecular complexity index is 712. The number of rotatable bonds is 1. The van der Waals surface area contributed by atoms with Crippen LogP contribution in [0.3, 0.4) is 0 Å². The summed E-state index contributed by atoms with van der Waals surface area (Å²) in [6.45, 7) is 10.8. The second-order valence-corrected chi connectivity index (χ2v) is 11.6. The fourth-order valence-corrected chi connectivity index (χ4v) is 7.37. The predicted molar refractivity (Wildman–Crippen MR) is 112 cm³/mol. The van der Waals surface area contributed by atoms with Gasteiger partial charge in [-0.15, -0.1) is 0 Å². The number of aliphatic hydroxyl groups is 2. The van der Waals surface area contributed by atoms with Crippen LogP contribution in [0.4, 0.5) is 4.79 Å². The first-order chi connectivity index (χ1) is 13.5. The van der Waals surface area contributed by atoms with E-state index in [0.717, 1.165) is 38.5 Å². The van der Waals surface area contributed by atoms with Gasteiger partial charge < -0.3 is 14.9 Å². The lowest BCUT2D eigenvalue weighted by molar-refractivity contribution is -0.151. The van der Waals surface area contributed by atoms with E-state index in [4.69, 9.17) is 4.74 Å². The number of piperidine rings is 1. The molecule has 1 heterocycles. The van der Waals surface area contributed by atoms with Gasteiger partial charge in [-0.05, 0) is 83.5 Å². The summed E-state index contributed by atoms with van der Waals surface area (Å²) in [5.41, 5.74) is -0.652. The van der Waals surface area contributed by atoms with Gasteiger partial charge in [-0.2, -0.15) is 0 Å². The summed E-state index contributed by atoms with van der Waals surface area (Å²) in [7, 11) is 0. The summed E-state index contributed by atoms with van der Waals surface area (Å²) in [6, 6.07) is 0. The molecule has 0 spiro atoms. The van der Waals surface area contributed by atoms with Crippen molar-refractivity contribution < 1.29 is 19.7 Å². The highest BCUT2D eigenvalue weighted by Crippen LogP contribution is 2.66. The van der Waals surface area contributed by atoms with E-state index in [2.05, 4.69) is 19.9 Å². The monoisotopic (exact) mass is 405 g/mol. The van der Waals surface area contributed by atoms with Crippen molar-refractivity contribution in [1.82, 2.24) is 4.90 Å². The van der Waals surface area contributed by atoms with Crippen molar-refractivity contribution >= 4 is 6.09 Å². The Balaban J connectivity index is 1.72. The van der Waals surface area contributed by atoms with Crippen molar-refractivity contribution in [2.24, 2.45) is 28.6 Å². The first-order valence-corrected chi connectivity index (χ1v) is 11.5.